The van der Waals surface area contributed by atoms with E-state index in [0.29, 0.717) is 6.61 Å². The minimum atomic E-state index is -0.102. The van der Waals surface area contributed by atoms with Gasteiger partial charge in [0.05, 0.1) is 18.8 Å². The zero-order valence-corrected chi connectivity index (χ0v) is 12.9. The summed E-state index contributed by atoms with van der Waals surface area (Å²) >= 11 is 0. The molecular weight excluding hydrogens is 250 g/mol. The van der Waals surface area contributed by atoms with Crippen molar-refractivity contribution < 1.29 is 4.74 Å². The molecule has 1 aliphatic heterocycles. The molecule has 0 amide bonds. The summed E-state index contributed by atoms with van der Waals surface area (Å²) in [4.78, 5) is 6.58. The molecule has 1 aromatic carbocycles. The Morgan fingerprint density at radius 1 is 1.30 bits per heavy atom. The third kappa shape index (κ3) is 4.53. The van der Waals surface area contributed by atoms with Crippen LogP contribution in [0.2, 0.25) is 0 Å². The normalized spacial score (nSPS) is 15.4. The van der Waals surface area contributed by atoms with Gasteiger partial charge in [0, 0.05) is 20.1 Å². The maximum atomic E-state index is 5.81. The molecule has 0 spiro atoms. The van der Waals surface area contributed by atoms with Crippen LogP contribution < -0.4 is 5.32 Å². The lowest BCUT2D eigenvalue weighted by atomic mass is 10.1. The molecule has 2 rings (SSSR count). The lowest BCUT2D eigenvalue weighted by Gasteiger charge is -2.20. The van der Waals surface area contributed by atoms with Crippen LogP contribution in [0.15, 0.2) is 29.3 Å². The number of rotatable bonds is 4. The number of likely N-dealkylation sites (N-methyl/N-ethyl adjacent to an activating group) is 1. The van der Waals surface area contributed by atoms with Crippen LogP contribution in [0.25, 0.3) is 0 Å². The van der Waals surface area contributed by atoms with Crippen molar-refractivity contribution in [3.05, 3.63) is 35.4 Å². The van der Waals surface area contributed by atoms with Gasteiger partial charge in [-0.15, -0.1) is 0 Å². The Hall–Kier alpha value is -1.55. The Labute approximate surface area is 121 Å². The van der Waals surface area contributed by atoms with Crippen molar-refractivity contribution in [1.82, 2.24) is 10.2 Å². The summed E-state index contributed by atoms with van der Waals surface area (Å²) in [7, 11) is 2.06. The summed E-state index contributed by atoms with van der Waals surface area (Å²) in [6, 6.07) is 8.50. The van der Waals surface area contributed by atoms with Gasteiger partial charge in [0.25, 0.3) is 0 Å². The molecule has 4 nitrogen and oxygen atoms in total. The number of benzene rings is 1. The molecule has 0 unspecified atom stereocenters. The van der Waals surface area contributed by atoms with E-state index in [0.717, 1.165) is 25.6 Å². The minimum Gasteiger partial charge on any atom is -0.371 e. The molecule has 1 N–H and O–H groups in total. The molecule has 1 aliphatic rings. The van der Waals surface area contributed by atoms with Gasteiger partial charge in [-0.2, -0.15) is 0 Å². The predicted molar refractivity (Wildman–Crippen MR) is 82.8 cm³/mol. The predicted octanol–water partition coefficient (Wildman–Crippen LogP) is 2.39. The number of guanidine groups is 1. The Morgan fingerprint density at radius 3 is 2.70 bits per heavy atom. The fourth-order valence-corrected chi connectivity index (χ4v) is 2.03. The van der Waals surface area contributed by atoms with Gasteiger partial charge < -0.3 is 15.0 Å². The minimum absolute atomic E-state index is 0.102. The molecule has 4 heteroatoms. The molecule has 0 saturated carbocycles. The summed E-state index contributed by atoms with van der Waals surface area (Å²) in [5, 5.41) is 3.38. The molecule has 110 valence electrons. The maximum Gasteiger partial charge on any atom is 0.194 e. The fraction of sp³-hybridized carbons (Fsp3) is 0.562. The van der Waals surface area contributed by atoms with E-state index >= 15 is 0 Å². The van der Waals surface area contributed by atoms with Crippen molar-refractivity contribution in [1.29, 1.82) is 0 Å². The van der Waals surface area contributed by atoms with Gasteiger partial charge in [-0.25, -0.2) is 0 Å². The lowest BCUT2D eigenvalue weighted by molar-refractivity contribution is -0.0149. The highest BCUT2D eigenvalue weighted by molar-refractivity contribution is 5.81. The lowest BCUT2D eigenvalue weighted by Crippen LogP contribution is -2.35. The van der Waals surface area contributed by atoms with E-state index in [1.54, 1.807) is 0 Å². The summed E-state index contributed by atoms with van der Waals surface area (Å²) in [6.45, 7) is 9.57. The highest BCUT2D eigenvalue weighted by Gasteiger charge is 2.12. The molecule has 0 bridgehead atoms. The van der Waals surface area contributed by atoms with Crippen molar-refractivity contribution in [2.24, 2.45) is 4.99 Å². The molecule has 1 aromatic rings. The third-order valence-electron chi connectivity index (χ3n) is 3.17. The SMILES string of the molecule is CN1CCN=C1NCc1cccc(COC(C)(C)C)c1. The average molecular weight is 275 g/mol. The van der Waals surface area contributed by atoms with Crippen LogP contribution >= 0.6 is 0 Å². The van der Waals surface area contributed by atoms with Crippen molar-refractivity contribution >= 4 is 5.96 Å². The van der Waals surface area contributed by atoms with Gasteiger partial charge in [0.2, 0.25) is 0 Å². The second-order valence-corrected chi connectivity index (χ2v) is 6.20. The standard InChI is InChI=1S/C16H25N3O/c1-16(2,3)20-12-14-7-5-6-13(10-14)11-18-15-17-8-9-19(15)4/h5-7,10H,8-9,11-12H2,1-4H3,(H,17,18). The summed E-state index contributed by atoms with van der Waals surface area (Å²) in [6.07, 6.45) is 0. The molecular formula is C16H25N3O. The maximum absolute atomic E-state index is 5.81. The van der Waals surface area contributed by atoms with E-state index in [1.165, 1.54) is 11.1 Å². The largest absolute Gasteiger partial charge is 0.371 e. The van der Waals surface area contributed by atoms with E-state index in [-0.39, 0.29) is 5.60 Å². The monoisotopic (exact) mass is 275 g/mol. The molecule has 0 radical (unpaired) electrons. The molecule has 0 atom stereocenters. The molecule has 0 fully saturated rings. The second-order valence-electron chi connectivity index (χ2n) is 6.20. The highest BCUT2D eigenvalue weighted by Crippen LogP contribution is 2.13. The topological polar surface area (TPSA) is 36.9 Å². The Morgan fingerprint density at radius 2 is 2.05 bits per heavy atom. The number of hydrogen-bond acceptors (Lipinski definition) is 4. The van der Waals surface area contributed by atoms with Crippen LogP contribution in [0.3, 0.4) is 0 Å². The number of nitrogens with zero attached hydrogens (tertiary/aromatic N) is 2. The van der Waals surface area contributed by atoms with Gasteiger partial charge in [-0.05, 0) is 31.9 Å². The highest BCUT2D eigenvalue weighted by atomic mass is 16.5. The van der Waals surface area contributed by atoms with Crippen LogP contribution in [0, 0.1) is 0 Å². The van der Waals surface area contributed by atoms with Crippen LogP contribution in [-0.2, 0) is 17.9 Å². The van der Waals surface area contributed by atoms with Gasteiger partial charge in [-0.3, -0.25) is 4.99 Å². The Kier molecular flexibility index (Phi) is 4.65. The fourth-order valence-electron chi connectivity index (χ4n) is 2.03. The van der Waals surface area contributed by atoms with Gasteiger partial charge in [0.1, 0.15) is 0 Å². The first-order valence-corrected chi connectivity index (χ1v) is 7.15. The first kappa shape index (κ1) is 14.9. The quantitative estimate of drug-likeness (QED) is 0.916. The Bertz CT molecular complexity index is 477. The van der Waals surface area contributed by atoms with Crippen molar-refractivity contribution in [3.8, 4) is 0 Å². The molecule has 0 saturated heterocycles. The number of aliphatic imine (C=N–C) groups is 1. The smallest absolute Gasteiger partial charge is 0.194 e. The molecule has 1 heterocycles. The summed E-state index contributed by atoms with van der Waals surface area (Å²) < 4.78 is 5.81. The summed E-state index contributed by atoms with van der Waals surface area (Å²) in [5.41, 5.74) is 2.36. The first-order valence-electron chi connectivity index (χ1n) is 7.15. The van der Waals surface area contributed by atoms with Crippen LogP contribution in [-0.4, -0.2) is 36.6 Å². The molecule has 0 aliphatic carbocycles. The molecule has 20 heavy (non-hydrogen) atoms. The Balaban J connectivity index is 1.89. The van der Waals surface area contributed by atoms with Crippen LogP contribution in [0.5, 0.6) is 0 Å². The van der Waals surface area contributed by atoms with Gasteiger partial charge in [0.15, 0.2) is 5.96 Å². The van der Waals surface area contributed by atoms with Crippen LogP contribution in [0.1, 0.15) is 31.9 Å². The number of hydrogen-bond donors (Lipinski definition) is 1. The van der Waals surface area contributed by atoms with Crippen molar-refractivity contribution in [2.75, 3.05) is 20.1 Å². The number of nitrogens with one attached hydrogen (secondary N) is 1. The van der Waals surface area contributed by atoms with Gasteiger partial charge >= 0.3 is 0 Å². The van der Waals surface area contributed by atoms with E-state index in [1.807, 2.05) is 0 Å². The zero-order chi connectivity index (χ0) is 14.6. The third-order valence-corrected chi connectivity index (χ3v) is 3.17. The van der Waals surface area contributed by atoms with E-state index in [4.69, 9.17) is 4.74 Å². The zero-order valence-electron chi connectivity index (χ0n) is 12.9. The van der Waals surface area contributed by atoms with E-state index in [9.17, 15) is 0 Å². The molecule has 0 aromatic heterocycles. The van der Waals surface area contributed by atoms with E-state index < -0.39 is 0 Å². The first-order chi connectivity index (χ1) is 9.44. The van der Waals surface area contributed by atoms with Crippen molar-refractivity contribution in [3.63, 3.8) is 0 Å². The van der Waals surface area contributed by atoms with E-state index in [2.05, 4.69) is 67.3 Å². The number of ether oxygens (including phenoxy) is 1. The van der Waals surface area contributed by atoms with Crippen molar-refractivity contribution in [2.45, 2.75) is 39.5 Å². The average Bonchev–Trinajstić information content (AvgIpc) is 2.79. The summed E-state index contributed by atoms with van der Waals surface area (Å²) in [5.74, 6) is 0.987. The van der Waals surface area contributed by atoms with Gasteiger partial charge in [-0.1, -0.05) is 24.3 Å². The second kappa shape index (κ2) is 6.27. The van der Waals surface area contributed by atoms with Crippen LogP contribution in [0.4, 0.5) is 0 Å².